The van der Waals surface area contributed by atoms with Crippen molar-refractivity contribution in [3.05, 3.63) is 0 Å². The van der Waals surface area contributed by atoms with Crippen LogP contribution in [0.5, 0.6) is 0 Å². The molecule has 16 heavy (non-hydrogen) atoms. The van der Waals surface area contributed by atoms with Crippen molar-refractivity contribution in [1.82, 2.24) is 4.90 Å². The van der Waals surface area contributed by atoms with Gasteiger partial charge < -0.3 is 9.64 Å². The third-order valence-electron chi connectivity index (χ3n) is 2.92. The van der Waals surface area contributed by atoms with Crippen molar-refractivity contribution in [2.75, 3.05) is 19.7 Å². The summed E-state index contributed by atoms with van der Waals surface area (Å²) in [5, 5.41) is 0. The summed E-state index contributed by atoms with van der Waals surface area (Å²) in [6.07, 6.45) is 3.89. The molecule has 1 saturated heterocycles. The molecule has 1 atom stereocenters. The molecule has 0 radical (unpaired) electrons. The number of ether oxygens (including phenoxy) is 1. The van der Waals surface area contributed by atoms with Gasteiger partial charge in [-0.2, -0.15) is 0 Å². The molecule has 1 aliphatic heterocycles. The summed E-state index contributed by atoms with van der Waals surface area (Å²) >= 11 is 0. The van der Waals surface area contributed by atoms with Crippen LogP contribution in [0, 0.1) is 5.92 Å². The van der Waals surface area contributed by atoms with Gasteiger partial charge in [0.15, 0.2) is 6.61 Å². The minimum Gasteiger partial charge on any atom is -0.455 e. The van der Waals surface area contributed by atoms with Crippen molar-refractivity contribution >= 4 is 11.9 Å². The van der Waals surface area contributed by atoms with Gasteiger partial charge in [-0.1, -0.05) is 20.3 Å². The fraction of sp³-hybridized carbons (Fsp3) is 0.833. The summed E-state index contributed by atoms with van der Waals surface area (Å²) in [5.74, 6) is -0.416. The predicted octanol–water partition coefficient (Wildman–Crippen LogP) is 1.59. The Morgan fingerprint density at radius 3 is 2.50 bits per heavy atom. The highest BCUT2D eigenvalue weighted by atomic mass is 16.5. The predicted molar refractivity (Wildman–Crippen MR) is 60.8 cm³/mol. The Hall–Kier alpha value is -1.06. The number of hydrogen-bond acceptors (Lipinski definition) is 3. The molecule has 0 aromatic rings. The lowest BCUT2D eigenvalue weighted by atomic mass is 10.1. The number of esters is 1. The maximum atomic E-state index is 11.6. The van der Waals surface area contributed by atoms with Gasteiger partial charge in [0.05, 0.1) is 5.92 Å². The standard InChI is InChI=1S/C12H21NO3/c1-3-6-10(2)12(15)16-9-11(14)13-7-4-5-8-13/h10H,3-9H2,1-2H3. The van der Waals surface area contributed by atoms with Crippen molar-refractivity contribution in [2.45, 2.75) is 39.5 Å². The van der Waals surface area contributed by atoms with Gasteiger partial charge >= 0.3 is 5.97 Å². The zero-order valence-electron chi connectivity index (χ0n) is 10.2. The molecule has 1 heterocycles. The Kier molecular flexibility index (Phi) is 5.29. The number of amides is 1. The minimum absolute atomic E-state index is 0.0606. The summed E-state index contributed by atoms with van der Waals surface area (Å²) in [6.45, 7) is 5.39. The molecular weight excluding hydrogens is 206 g/mol. The molecule has 0 bridgehead atoms. The third-order valence-corrected chi connectivity index (χ3v) is 2.92. The quantitative estimate of drug-likeness (QED) is 0.670. The van der Waals surface area contributed by atoms with Gasteiger partial charge in [-0.25, -0.2) is 0 Å². The molecule has 0 aromatic carbocycles. The van der Waals surface area contributed by atoms with Gasteiger partial charge in [0.25, 0.3) is 5.91 Å². The van der Waals surface area contributed by atoms with Gasteiger partial charge in [0.2, 0.25) is 0 Å². The van der Waals surface area contributed by atoms with Crippen molar-refractivity contribution in [2.24, 2.45) is 5.92 Å². The molecule has 1 amide bonds. The molecule has 0 N–H and O–H groups in total. The normalized spacial score (nSPS) is 17.2. The monoisotopic (exact) mass is 227 g/mol. The molecule has 0 spiro atoms. The van der Waals surface area contributed by atoms with Crippen LogP contribution >= 0.6 is 0 Å². The fourth-order valence-corrected chi connectivity index (χ4v) is 1.88. The second kappa shape index (κ2) is 6.51. The Morgan fingerprint density at radius 2 is 1.94 bits per heavy atom. The molecule has 0 saturated carbocycles. The minimum atomic E-state index is -0.255. The van der Waals surface area contributed by atoms with Crippen LogP contribution in [-0.2, 0) is 14.3 Å². The third kappa shape index (κ3) is 3.83. The van der Waals surface area contributed by atoms with Crippen LogP contribution in [0.3, 0.4) is 0 Å². The van der Waals surface area contributed by atoms with E-state index in [0.717, 1.165) is 38.8 Å². The molecule has 1 unspecified atom stereocenters. The number of carbonyl (C=O) groups excluding carboxylic acids is 2. The Bertz CT molecular complexity index is 247. The smallest absolute Gasteiger partial charge is 0.309 e. The van der Waals surface area contributed by atoms with Crippen LogP contribution in [0.2, 0.25) is 0 Å². The van der Waals surface area contributed by atoms with Crippen molar-refractivity contribution < 1.29 is 14.3 Å². The van der Waals surface area contributed by atoms with E-state index in [4.69, 9.17) is 4.74 Å². The van der Waals surface area contributed by atoms with E-state index in [1.165, 1.54) is 0 Å². The zero-order valence-corrected chi connectivity index (χ0v) is 10.2. The molecule has 1 fully saturated rings. The van der Waals surface area contributed by atoms with Gasteiger partial charge in [-0.15, -0.1) is 0 Å². The van der Waals surface area contributed by atoms with E-state index in [9.17, 15) is 9.59 Å². The number of rotatable bonds is 5. The van der Waals surface area contributed by atoms with Crippen LogP contribution in [-0.4, -0.2) is 36.5 Å². The Labute approximate surface area is 96.9 Å². The van der Waals surface area contributed by atoms with E-state index in [2.05, 4.69) is 0 Å². The van der Waals surface area contributed by atoms with Crippen molar-refractivity contribution in [1.29, 1.82) is 0 Å². The molecule has 92 valence electrons. The van der Waals surface area contributed by atoms with Crippen LogP contribution in [0.1, 0.15) is 39.5 Å². The zero-order chi connectivity index (χ0) is 12.0. The lowest BCUT2D eigenvalue weighted by molar-refractivity contribution is -0.154. The highest BCUT2D eigenvalue weighted by Gasteiger charge is 2.20. The van der Waals surface area contributed by atoms with Crippen LogP contribution < -0.4 is 0 Å². The van der Waals surface area contributed by atoms with Gasteiger partial charge in [0.1, 0.15) is 0 Å². The lowest BCUT2D eigenvalue weighted by Crippen LogP contribution is -2.32. The van der Waals surface area contributed by atoms with Gasteiger partial charge in [0, 0.05) is 13.1 Å². The van der Waals surface area contributed by atoms with E-state index in [1.54, 1.807) is 4.90 Å². The first-order valence-electron chi connectivity index (χ1n) is 6.09. The molecule has 4 nitrogen and oxygen atoms in total. The molecule has 0 aromatic heterocycles. The molecule has 1 aliphatic rings. The number of nitrogens with zero attached hydrogens (tertiary/aromatic N) is 1. The summed E-state index contributed by atoms with van der Waals surface area (Å²) in [4.78, 5) is 24.8. The lowest BCUT2D eigenvalue weighted by Gasteiger charge is -2.16. The van der Waals surface area contributed by atoms with Crippen LogP contribution in [0.4, 0.5) is 0 Å². The van der Waals surface area contributed by atoms with Crippen LogP contribution in [0.15, 0.2) is 0 Å². The van der Waals surface area contributed by atoms with Crippen LogP contribution in [0.25, 0.3) is 0 Å². The Balaban J connectivity index is 2.22. The average Bonchev–Trinajstić information content (AvgIpc) is 2.79. The number of likely N-dealkylation sites (tertiary alicyclic amines) is 1. The second-order valence-corrected chi connectivity index (χ2v) is 4.39. The summed E-state index contributed by atoms with van der Waals surface area (Å²) in [6, 6.07) is 0. The van der Waals surface area contributed by atoms with E-state index in [0.29, 0.717) is 0 Å². The maximum absolute atomic E-state index is 11.6. The maximum Gasteiger partial charge on any atom is 0.309 e. The molecule has 4 heteroatoms. The number of carbonyl (C=O) groups is 2. The molecule has 1 rings (SSSR count). The second-order valence-electron chi connectivity index (χ2n) is 4.39. The van der Waals surface area contributed by atoms with E-state index < -0.39 is 0 Å². The SMILES string of the molecule is CCCC(C)C(=O)OCC(=O)N1CCCC1. The first-order valence-corrected chi connectivity index (χ1v) is 6.09. The largest absolute Gasteiger partial charge is 0.455 e. The van der Waals surface area contributed by atoms with Gasteiger partial charge in [-0.05, 0) is 19.3 Å². The topological polar surface area (TPSA) is 46.6 Å². The summed E-state index contributed by atoms with van der Waals surface area (Å²) in [5.41, 5.74) is 0. The highest BCUT2D eigenvalue weighted by molar-refractivity contribution is 5.81. The summed E-state index contributed by atoms with van der Waals surface area (Å²) in [7, 11) is 0. The first-order chi connectivity index (χ1) is 7.65. The number of hydrogen-bond donors (Lipinski definition) is 0. The first kappa shape index (κ1) is 13.0. The van der Waals surface area contributed by atoms with Crippen molar-refractivity contribution in [3.63, 3.8) is 0 Å². The molecular formula is C12H21NO3. The highest BCUT2D eigenvalue weighted by Crippen LogP contribution is 2.09. The van der Waals surface area contributed by atoms with E-state index in [1.807, 2.05) is 13.8 Å². The van der Waals surface area contributed by atoms with Crippen molar-refractivity contribution in [3.8, 4) is 0 Å². The Morgan fingerprint density at radius 1 is 1.31 bits per heavy atom. The van der Waals surface area contributed by atoms with Gasteiger partial charge in [-0.3, -0.25) is 9.59 Å². The van der Waals surface area contributed by atoms with E-state index >= 15 is 0 Å². The van der Waals surface area contributed by atoms with E-state index in [-0.39, 0.29) is 24.4 Å². The summed E-state index contributed by atoms with van der Waals surface area (Å²) < 4.78 is 5.00. The average molecular weight is 227 g/mol. The molecule has 0 aliphatic carbocycles. The fourth-order valence-electron chi connectivity index (χ4n) is 1.88.